The lowest BCUT2D eigenvalue weighted by Gasteiger charge is -2.13. The van der Waals surface area contributed by atoms with E-state index in [-0.39, 0.29) is 11.7 Å². The second-order valence-corrected chi connectivity index (χ2v) is 7.73. The average molecular weight is 386 g/mol. The maximum absolute atomic E-state index is 12.4. The maximum atomic E-state index is 12.4. The molecule has 3 aromatic rings. The van der Waals surface area contributed by atoms with E-state index < -0.39 is 11.9 Å². The quantitative estimate of drug-likeness (QED) is 0.672. The van der Waals surface area contributed by atoms with Crippen molar-refractivity contribution in [1.82, 2.24) is 15.5 Å². The van der Waals surface area contributed by atoms with E-state index >= 15 is 0 Å². The van der Waals surface area contributed by atoms with Crippen molar-refractivity contribution < 1.29 is 18.5 Å². The highest BCUT2D eigenvalue weighted by Gasteiger charge is 2.30. The molecule has 1 aliphatic rings. The Balaban J connectivity index is 1.41. The number of hydrogen-bond donors (Lipinski definition) is 2. The first-order valence-corrected chi connectivity index (χ1v) is 9.42. The fraction of sp³-hybridized carbons (Fsp3) is 0.333. The van der Waals surface area contributed by atoms with Gasteiger partial charge in [0.15, 0.2) is 5.76 Å². The van der Waals surface area contributed by atoms with E-state index in [4.69, 9.17) is 8.94 Å². The number of furan rings is 1. The van der Waals surface area contributed by atoms with Gasteiger partial charge in [-0.1, -0.05) is 5.16 Å². The summed E-state index contributed by atoms with van der Waals surface area (Å²) >= 11 is 1.48. The molecule has 27 heavy (non-hydrogen) atoms. The first-order valence-electron chi connectivity index (χ1n) is 8.61. The zero-order valence-electron chi connectivity index (χ0n) is 14.8. The molecule has 0 radical (unpaired) electrons. The number of carbonyl (C=O) groups excluding carboxylic acids is 2. The van der Waals surface area contributed by atoms with Crippen LogP contribution in [0.3, 0.4) is 0 Å². The average Bonchev–Trinajstić information content (AvgIpc) is 3.05. The smallest absolute Gasteiger partial charge is 0.287 e. The topological polar surface area (TPSA) is 110 Å². The molecule has 0 unspecified atom stereocenters. The summed E-state index contributed by atoms with van der Waals surface area (Å²) in [6, 6.07) is 4.25. The van der Waals surface area contributed by atoms with Crippen molar-refractivity contribution >= 4 is 28.8 Å². The van der Waals surface area contributed by atoms with Gasteiger partial charge < -0.3 is 19.6 Å². The third-order valence-electron chi connectivity index (χ3n) is 4.25. The number of nitrogens with one attached hydrogen (secondary N) is 2. The van der Waals surface area contributed by atoms with Gasteiger partial charge in [0.05, 0.1) is 16.8 Å². The van der Waals surface area contributed by atoms with Gasteiger partial charge in [-0.15, -0.1) is 11.3 Å². The lowest BCUT2D eigenvalue weighted by Crippen LogP contribution is -2.41. The molecule has 1 atom stereocenters. The number of thiophene rings is 1. The minimum Gasteiger partial charge on any atom is -0.459 e. The molecule has 2 N–H and O–H groups in total. The van der Waals surface area contributed by atoms with Crippen LogP contribution in [0.1, 0.15) is 47.0 Å². The Bertz CT molecular complexity index is 972. The molecule has 3 aromatic heterocycles. The van der Waals surface area contributed by atoms with E-state index in [0.29, 0.717) is 23.3 Å². The summed E-state index contributed by atoms with van der Waals surface area (Å²) in [6.45, 7) is 3.51. The zero-order valence-corrected chi connectivity index (χ0v) is 15.6. The first kappa shape index (κ1) is 17.5. The number of rotatable bonds is 6. The SMILES string of the molecule is Cc1sc(-c2noc(C3CC3)n2)cc1NC(=O)[C@@H](C)NC(=O)c1ccco1. The lowest BCUT2D eigenvalue weighted by molar-refractivity contribution is -0.117. The predicted molar refractivity (Wildman–Crippen MR) is 98.6 cm³/mol. The van der Waals surface area contributed by atoms with Crippen LogP contribution < -0.4 is 10.6 Å². The van der Waals surface area contributed by atoms with Gasteiger partial charge in [0.1, 0.15) is 6.04 Å². The van der Waals surface area contributed by atoms with Crippen LogP contribution in [0.2, 0.25) is 0 Å². The Labute approximate surface area is 159 Å². The van der Waals surface area contributed by atoms with Crippen molar-refractivity contribution in [2.45, 2.75) is 38.6 Å². The monoisotopic (exact) mass is 386 g/mol. The Morgan fingerprint density at radius 1 is 1.37 bits per heavy atom. The second kappa shape index (κ2) is 6.99. The third-order valence-corrected chi connectivity index (χ3v) is 5.30. The van der Waals surface area contributed by atoms with E-state index in [2.05, 4.69) is 20.8 Å². The van der Waals surface area contributed by atoms with Crippen LogP contribution >= 0.6 is 11.3 Å². The molecule has 0 aromatic carbocycles. The molecule has 1 saturated carbocycles. The number of hydrogen-bond acceptors (Lipinski definition) is 7. The molecule has 0 bridgehead atoms. The zero-order chi connectivity index (χ0) is 19.0. The summed E-state index contributed by atoms with van der Waals surface area (Å²) in [5, 5.41) is 9.46. The Hall–Kier alpha value is -2.94. The van der Waals surface area contributed by atoms with Gasteiger partial charge in [0, 0.05) is 10.8 Å². The van der Waals surface area contributed by atoms with Crippen LogP contribution in [0.15, 0.2) is 33.4 Å². The molecule has 1 fully saturated rings. The molecule has 3 heterocycles. The van der Waals surface area contributed by atoms with Gasteiger partial charge >= 0.3 is 0 Å². The third kappa shape index (κ3) is 3.77. The highest BCUT2D eigenvalue weighted by molar-refractivity contribution is 7.16. The summed E-state index contributed by atoms with van der Waals surface area (Å²) in [7, 11) is 0. The van der Waals surface area contributed by atoms with E-state index in [1.54, 1.807) is 13.0 Å². The van der Waals surface area contributed by atoms with E-state index in [0.717, 1.165) is 22.6 Å². The minimum atomic E-state index is -0.725. The van der Waals surface area contributed by atoms with E-state index in [1.165, 1.54) is 23.7 Å². The highest BCUT2D eigenvalue weighted by Crippen LogP contribution is 2.40. The van der Waals surface area contributed by atoms with Crippen molar-refractivity contribution in [2.24, 2.45) is 0 Å². The number of nitrogens with zero attached hydrogens (tertiary/aromatic N) is 2. The van der Waals surface area contributed by atoms with Gasteiger partial charge in [-0.05, 0) is 44.9 Å². The van der Waals surface area contributed by atoms with Crippen LogP contribution in [0, 0.1) is 6.92 Å². The molecular formula is C18H18N4O4S. The van der Waals surface area contributed by atoms with Crippen molar-refractivity contribution in [3.05, 3.63) is 41.0 Å². The molecule has 1 aliphatic carbocycles. The van der Waals surface area contributed by atoms with Gasteiger partial charge in [-0.3, -0.25) is 9.59 Å². The van der Waals surface area contributed by atoms with Crippen molar-refractivity contribution in [1.29, 1.82) is 0 Å². The van der Waals surface area contributed by atoms with Crippen molar-refractivity contribution in [3.63, 3.8) is 0 Å². The van der Waals surface area contributed by atoms with Crippen LogP contribution in [0.5, 0.6) is 0 Å². The summed E-state index contributed by atoms with van der Waals surface area (Å²) in [4.78, 5) is 30.6. The maximum Gasteiger partial charge on any atom is 0.287 e. The molecule has 0 aliphatic heterocycles. The molecular weight excluding hydrogens is 368 g/mol. The lowest BCUT2D eigenvalue weighted by atomic mass is 10.2. The van der Waals surface area contributed by atoms with Crippen LogP contribution in [-0.2, 0) is 4.79 Å². The molecule has 8 nitrogen and oxygen atoms in total. The van der Waals surface area contributed by atoms with Crippen molar-refractivity contribution in [3.8, 4) is 10.7 Å². The van der Waals surface area contributed by atoms with Gasteiger partial charge in [-0.2, -0.15) is 4.98 Å². The van der Waals surface area contributed by atoms with Gasteiger partial charge in [-0.25, -0.2) is 0 Å². The number of aryl methyl sites for hydroxylation is 1. The molecule has 9 heteroatoms. The first-order chi connectivity index (χ1) is 13.0. The Morgan fingerprint density at radius 2 is 2.19 bits per heavy atom. The number of aromatic nitrogens is 2. The predicted octanol–water partition coefficient (Wildman–Crippen LogP) is 3.33. The van der Waals surface area contributed by atoms with Gasteiger partial charge in [0.2, 0.25) is 17.6 Å². The van der Waals surface area contributed by atoms with Gasteiger partial charge in [0.25, 0.3) is 5.91 Å². The number of carbonyl (C=O) groups is 2. The highest BCUT2D eigenvalue weighted by atomic mass is 32.1. The second-order valence-electron chi connectivity index (χ2n) is 6.47. The standard InChI is InChI=1S/C18H18N4O4S/c1-9(19-17(24)13-4-3-7-25-13)16(23)20-12-8-14(27-10(12)2)15-21-18(26-22-15)11-5-6-11/h3-4,7-9,11H,5-6H2,1-2H3,(H,19,24)(H,20,23)/t9-/m1/s1. The molecule has 4 rings (SSSR count). The summed E-state index contributed by atoms with van der Waals surface area (Å²) in [5.41, 5.74) is 0.664. The van der Waals surface area contributed by atoms with E-state index in [9.17, 15) is 9.59 Å². The molecule has 0 spiro atoms. The minimum absolute atomic E-state index is 0.159. The summed E-state index contributed by atoms with van der Waals surface area (Å²) < 4.78 is 10.3. The molecule has 2 amide bonds. The Kier molecular flexibility index (Phi) is 4.53. The van der Waals surface area contributed by atoms with Crippen molar-refractivity contribution in [2.75, 3.05) is 5.32 Å². The Morgan fingerprint density at radius 3 is 2.89 bits per heavy atom. The summed E-state index contributed by atoms with van der Waals surface area (Å²) in [5.74, 6) is 0.997. The van der Waals surface area contributed by atoms with Crippen LogP contribution in [0.4, 0.5) is 5.69 Å². The summed E-state index contributed by atoms with van der Waals surface area (Å²) in [6.07, 6.45) is 3.59. The van der Waals surface area contributed by atoms with E-state index in [1.807, 2.05) is 13.0 Å². The number of anilines is 1. The van der Waals surface area contributed by atoms with Crippen LogP contribution in [0.25, 0.3) is 10.7 Å². The van der Waals surface area contributed by atoms with Crippen LogP contribution in [-0.4, -0.2) is 28.0 Å². The number of amides is 2. The molecule has 0 saturated heterocycles. The fourth-order valence-electron chi connectivity index (χ4n) is 2.53. The fourth-order valence-corrected chi connectivity index (χ4v) is 3.43. The largest absolute Gasteiger partial charge is 0.459 e. The normalized spacial score (nSPS) is 14.7. The molecule has 140 valence electrons.